The fraction of sp³-hybridized carbons (Fsp3) is 0.300. The van der Waals surface area contributed by atoms with Crippen molar-refractivity contribution in [2.24, 2.45) is 0 Å². The Hall–Kier alpha value is -3.22. The topological polar surface area (TPSA) is 79.1 Å². The predicted octanol–water partition coefficient (Wildman–Crippen LogP) is 3.39. The van der Waals surface area contributed by atoms with Crippen molar-refractivity contribution in [3.05, 3.63) is 53.9 Å². The molecule has 0 bridgehead atoms. The molecular weight excluding hydrogens is 344 g/mol. The lowest BCUT2D eigenvalue weighted by molar-refractivity contribution is -0.139. The van der Waals surface area contributed by atoms with Gasteiger partial charge in [-0.05, 0) is 57.5 Å². The van der Waals surface area contributed by atoms with Gasteiger partial charge in [-0.25, -0.2) is 9.48 Å². The first kappa shape index (κ1) is 18.6. The molecule has 7 nitrogen and oxygen atoms in total. The first-order valence-corrected chi connectivity index (χ1v) is 8.87. The summed E-state index contributed by atoms with van der Waals surface area (Å²) in [6.45, 7) is 2.86. The summed E-state index contributed by atoms with van der Waals surface area (Å²) >= 11 is 0. The van der Waals surface area contributed by atoms with E-state index in [2.05, 4.69) is 22.4 Å². The Labute approximate surface area is 157 Å². The number of carbonyl (C=O) groups excluding carboxylic acids is 1. The lowest BCUT2D eigenvalue weighted by Gasteiger charge is -2.04. The molecule has 0 radical (unpaired) electrons. The molecule has 0 saturated carbocycles. The van der Waals surface area contributed by atoms with Crippen LogP contribution in [0.15, 0.2) is 42.5 Å². The van der Waals surface area contributed by atoms with Crippen LogP contribution in [0.3, 0.4) is 0 Å². The minimum Gasteiger partial charge on any atom is -0.497 e. The summed E-state index contributed by atoms with van der Waals surface area (Å²) in [4.78, 5) is 12.0. The molecule has 1 heterocycles. The molecular formula is C20H22N4O3. The number of esters is 1. The highest BCUT2D eigenvalue weighted by Crippen LogP contribution is 2.22. The number of benzene rings is 2. The number of carbonyl (C=O) groups is 1. The van der Waals surface area contributed by atoms with Crippen LogP contribution in [0.2, 0.25) is 0 Å². The summed E-state index contributed by atoms with van der Waals surface area (Å²) in [6, 6.07) is 11.8. The number of nitrogens with zero attached hydrogens (tertiary/aromatic N) is 4. The zero-order chi connectivity index (χ0) is 19.1. The summed E-state index contributed by atoms with van der Waals surface area (Å²) < 4.78 is 12.1. The van der Waals surface area contributed by atoms with Gasteiger partial charge in [0, 0.05) is 12.6 Å². The summed E-state index contributed by atoms with van der Waals surface area (Å²) in [5.41, 5.74) is 0.914. The maximum absolute atomic E-state index is 12.0. The van der Waals surface area contributed by atoms with E-state index in [-0.39, 0.29) is 6.61 Å². The van der Waals surface area contributed by atoms with E-state index in [1.54, 1.807) is 17.9 Å². The summed E-state index contributed by atoms with van der Waals surface area (Å²) in [5, 5.41) is 13.6. The molecule has 0 aliphatic rings. The van der Waals surface area contributed by atoms with Crippen LogP contribution < -0.4 is 4.74 Å². The zero-order valence-electron chi connectivity index (χ0n) is 15.5. The van der Waals surface area contributed by atoms with Crippen LogP contribution in [0, 0.1) is 0 Å². The van der Waals surface area contributed by atoms with Crippen LogP contribution in [0.4, 0.5) is 0 Å². The van der Waals surface area contributed by atoms with E-state index in [1.807, 2.05) is 36.4 Å². The van der Waals surface area contributed by atoms with Crippen LogP contribution in [0.1, 0.15) is 31.2 Å². The third-order valence-corrected chi connectivity index (χ3v) is 4.16. The van der Waals surface area contributed by atoms with E-state index in [0.29, 0.717) is 12.4 Å². The van der Waals surface area contributed by atoms with Gasteiger partial charge >= 0.3 is 5.97 Å². The monoisotopic (exact) mass is 366 g/mol. The number of aryl methyl sites for hydroxylation is 1. The van der Waals surface area contributed by atoms with Gasteiger partial charge in [-0.15, -0.1) is 5.10 Å². The molecule has 0 amide bonds. The number of hydrogen-bond donors (Lipinski definition) is 0. The average Bonchev–Trinajstić information content (AvgIpc) is 3.15. The first-order valence-electron chi connectivity index (χ1n) is 8.87. The maximum Gasteiger partial charge on any atom is 0.331 e. The molecule has 3 aromatic rings. The van der Waals surface area contributed by atoms with Crippen molar-refractivity contribution >= 4 is 22.8 Å². The number of aromatic nitrogens is 4. The molecule has 0 spiro atoms. The highest BCUT2D eigenvalue weighted by molar-refractivity contribution is 5.90. The smallest absolute Gasteiger partial charge is 0.331 e. The molecule has 0 fully saturated rings. The van der Waals surface area contributed by atoms with Crippen LogP contribution in [-0.2, 0) is 22.7 Å². The van der Waals surface area contributed by atoms with Crippen molar-refractivity contribution in [1.82, 2.24) is 20.2 Å². The second-order valence-electron chi connectivity index (χ2n) is 6.09. The average molecular weight is 366 g/mol. The molecule has 27 heavy (non-hydrogen) atoms. The van der Waals surface area contributed by atoms with Gasteiger partial charge in [-0.1, -0.05) is 31.5 Å². The van der Waals surface area contributed by atoms with Gasteiger partial charge in [0.1, 0.15) is 5.75 Å². The normalized spacial score (nSPS) is 11.2. The third kappa shape index (κ3) is 4.91. The molecule has 0 unspecified atom stereocenters. The molecule has 0 atom stereocenters. The second kappa shape index (κ2) is 8.93. The van der Waals surface area contributed by atoms with Crippen LogP contribution in [-0.4, -0.2) is 33.3 Å². The van der Waals surface area contributed by atoms with Crippen molar-refractivity contribution in [1.29, 1.82) is 0 Å². The van der Waals surface area contributed by atoms with Crippen molar-refractivity contribution < 1.29 is 14.3 Å². The van der Waals surface area contributed by atoms with Crippen LogP contribution in [0.25, 0.3) is 16.8 Å². The maximum atomic E-state index is 12.0. The van der Waals surface area contributed by atoms with Gasteiger partial charge in [0.2, 0.25) is 0 Å². The van der Waals surface area contributed by atoms with Crippen LogP contribution >= 0.6 is 0 Å². The minimum atomic E-state index is -0.435. The number of rotatable bonds is 8. The first-order chi connectivity index (χ1) is 13.2. The van der Waals surface area contributed by atoms with Crippen molar-refractivity contribution in [2.45, 2.75) is 32.9 Å². The summed E-state index contributed by atoms with van der Waals surface area (Å²) in [7, 11) is 1.65. The van der Waals surface area contributed by atoms with Gasteiger partial charge in [-0.3, -0.25) is 0 Å². The van der Waals surface area contributed by atoms with E-state index >= 15 is 0 Å². The SMILES string of the molecule is CCCCn1nnnc1COC(=O)/C=C/c1ccc2cc(OC)ccc2c1. The molecule has 0 saturated heterocycles. The molecule has 0 N–H and O–H groups in total. The van der Waals surface area contributed by atoms with E-state index in [9.17, 15) is 4.79 Å². The Morgan fingerprint density at radius 1 is 1.19 bits per heavy atom. The van der Waals surface area contributed by atoms with Gasteiger partial charge in [0.15, 0.2) is 12.4 Å². The van der Waals surface area contributed by atoms with Crippen molar-refractivity contribution in [2.75, 3.05) is 7.11 Å². The zero-order valence-corrected chi connectivity index (χ0v) is 15.5. The second-order valence-corrected chi connectivity index (χ2v) is 6.09. The fourth-order valence-corrected chi connectivity index (χ4v) is 2.63. The molecule has 7 heteroatoms. The molecule has 0 aliphatic carbocycles. The van der Waals surface area contributed by atoms with Crippen molar-refractivity contribution in [3.63, 3.8) is 0 Å². The van der Waals surface area contributed by atoms with E-state index in [1.165, 1.54) is 6.08 Å². The Balaban J connectivity index is 1.60. The predicted molar refractivity (Wildman–Crippen MR) is 102 cm³/mol. The number of fused-ring (bicyclic) bond motifs is 1. The number of ether oxygens (including phenoxy) is 2. The van der Waals surface area contributed by atoms with E-state index in [4.69, 9.17) is 9.47 Å². The highest BCUT2D eigenvalue weighted by Gasteiger charge is 2.08. The van der Waals surface area contributed by atoms with Gasteiger partial charge < -0.3 is 9.47 Å². The fourth-order valence-electron chi connectivity index (χ4n) is 2.63. The van der Waals surface area contributed by atoms with Gasteiger partial charge in [0.25, 0.3) is 0 Å². The minimum absolute atomic E-state index is 0.0530. The van der Waals surface area contributed by atoms with Gasteiger partial charge in [0.05, 0.1) is 7.11 Å². The van der Waals surface area contributed by atoms with Crippen molar-refractivity contribution in [3.8, 4) is 5.75 Å². The number of unbranched alkanes of at least 4 members (excludes halogenated alkanes) is 1. The molecule has 3 rings (SSSR count). The summed E-state index contributed by atoms with van der Waals surface area (Å²) in [6.07, 6.45) is 5.15. The standard InChI is InChI=1S/C20H22N4O3/c1-3-4-11-24-19(21-22-23-24)14-27-20(25)10-6-15-5-7-17-13-18(26-2)9-8-16(17)12-15/h5-10,12-13H,3-4,11,14H2,1-2H3/b10-6+. The molecule has 140 valence electrons. The molecule has 2 aromatic carbocycles. The Bertz CT molecular complexity index is 949. The number of tetrazole rings is 1. The quantitative estimate of drug-likeness (QED) is 0.449. The largest absolute Gasteiger partial charge is 0.497 e. The Kier molecular flexibility index (Phi) is 6.14. The summed E-state index contributed by atoms with van der Waals surface area (Å²) in [5.74, 6) is 0.926. The Morgan fingerprint density at radius 2 is 2.00 bits per heavy atom. The molecule has 1 aromatic heterocycles. The van der Waals surface area contributed by atoms with E-state index < -0.39 is 5.97 Å². The third-order valence-electron chi connectivity index (χ3n) is 4.16. The van der Waals surface area contributed by atoms with E-state index in [0.717, 1.165) is 34.9 Å². The molecule has 0 aliphatic heterocycles. The van der Waals surface area contributed by atoms with Crippen LogP contribution in [0.5, 0.6) is 5.75 Å². The lowest BCUT2D eigenvalue weighted by Crippen LogP contribution is -2.09. The number of hydrogen-bond acceptors (Lipinski definition) is 6. The highest BCUT2D eigenvalue weighted by atomic mass is 16.5. The lowest BCUT2D eigenvalue weighted by atomic mass is 10.1. The number of methoxy groups -OCH3 is 1. The van der Waals surface area contributed by atoms with Gasteiger partial charge in [-0.2, -0.15) is 0 Å². The Morgan fingerprint density at radius 3 is 2.81 bits per heavy atom.